The quantitative estimate of drug-likeness (QED) is 0.620. The van der Waals surface area contributed by atoms with Crippen molar-refractivity contribution in [3.63, 3.8) is 0 Å². The van der Waals surface area contributed by atoms with Crippen molar-refractivity contribution in [1.29, 1.82) is 0 Å². The van der Waals surface area contributed by atoms with Gasteiger partial charge in [-0.25, -0.2) is 0 Å². The van der Waals surface area contributed by atoms with E-state index >= 15 is 0 Å². The zero-order chi connectivity index (χ0) is 15.1. The summed E-state index contributed by atoms with van der Waals surface area (Å²) in [4.78, 5) is 24.9. The van der Waals surface area contributed by atoms with E-state index in [9.17, 15) is 22.8 Å². The zero-order valence-corrected chi connectivity index (χ0v) is 12.1. The third kappa shape index (κ3) is 2.59. The Labute approximate surface area is 121 Å². The zero-order valence-electron chi connectivity index (χ0n) is 10.5. The lowest BCUT2D eigenvalue weighted by atomic mass is 10.1. The Morgan fingerprint density at radius 3 is 2.50 bits per heavy atom. The van der Waals surface area contributed by atoms with Crippen LogP contribution in [0.4, 0.5) is 18.9 Å². The molecule has 0 fully saturated rings. The van der Waals surface area contributed by atoms with E-state index < -0.39 is 23.4 Å². The lowest BCUT2D eigenvalue weighted by molar-refractivity contribution is -0.137. The van der Waals surface area contributed by atoms with E-state index in [0.29, 0.717) is 5.33 Å². The highest BCUT2D eigenvalue weighted by molar-refractivity contribution is 9.09. The molecule has 1 atom stereocenters. The van der Waals surface area contributed by atoms with Gasteiger partial charge in [0.1, 0.15) is 0 Å². The number of alkyl halides is 4. The summed E-state index contributed by atoms with van der Waals surface area (Å²) in [7, 11) is 0. The molecule has 1 aromatic carbocycles. The molecular weight excluding hydrogens is 339 g/mol. The number of ketones is 1. The average molecular weight is 350 g/mol. The summed E-state index contributed by atoms with van der Waals surface area (Å²) in [6, 6.07) is 2.81. The highest BCUT2D eigenvalue weighted by Crippen LogP contribution is 2.36. The highest BCUT2D eigenvalue weighted by atomic mass is 79.9. The van der Waals surface area contributed by atoms with Gasteiger partial charge in [-0.3, -0.25) is 9.59 Å². The molecule has 3 nitrogen and oxygen atoms in total. The summed E-state index contributed by atoms with van der Waals surface area (Å²) >= 11 is 3.26. The van der Waals surface area contributed by atoms with Crippen molar-refractivity contribution in [2.75, 3.05) is 16.8 Å². The average Bonchev–Trinajstić information content (AvgIpc) is 2.62. The fraction of sp³-hybridized carbons (Fsp3) is 0.385. The predicted octanol–water partition coefficient (Wildman–Crippen LogP) is 3.27. The maximum Gasteiger partial charge on any atom is 0.416 e. The van der Waals surface area contributed by atoms with Gasteiger partial charge in [0, 0.05) is 11.9 Å². The lowest BCUT2D eigenvalue weighted by Crippen LogP contribution is -2.34. The number of fused-ring (bicyclic) bond motifs is 1. The molecule has 1 aliphatic heterocycles. The second kappa shape index (κ2) is 5.20. The van der Waals surface area contributed by atoms with Crippen molar-refractivity contribution >= 4 is 33.3 Å². The number of carbonyl (C=O) groups excluding carboxylic acids is 2. The van der Waals surface area contributed by atoms with Crippen molar-refractivity contribution in [1.82, 2.24) is 0 Å². The first-order valence-electron chi connectivity index (χ1n) is 5.89. The van der Waals surface area contributed by atoms with Crippen LogP contribution in [0.1, 0.15) is 22.8 Å². The molecule has 7 heteroatoms. The van der Waals surface area contributed by atoms with Gasteiger partial charge >= 0.3 is 6.18 Å². The number of hydrogen-bond donors (Lipinski definition) is 0. The summed E-state index contributed by atoms with van der Waals surface area (Å²) in [6.45, 7) is 2.16. The third-order valence-electron chi connectivity index (χ3n) is 3.06. The first-order chi connectivity index (χ1) is 9.25. The van der Waals surface area contributed by atoms with Crippen molar-refractivity contribution < 1.29 is 22.8 Å². The maximum absolute atomic E-state index is 12.6. The van der Waals surface area contributed by atoms with Gasteiger partial charge in [-0.2, -0.15) is 13.2 Å². The lowest BCUT2D eigenvalue weighted by Gasteiger charge is -2.20. The van der Waals surface area contributed by atoms with Crippen LogP contribution in [0.25, 0.3) is 0 Å². The monoisotopic (exact) mass is 349 g/mol. The van der Waals surface area contributed by atoms with E-state index in [-0.39, 0.29) is 23.7 Å². The Hall–Kier alpha value is -1.37. The van der Waals surface area contributed by atoms with Gasteiger partial charge in [0.25, 0.3) is 11.7 Å². The van der Waals surface area contributed by atoms with Crippen LogP contribution in [0, 0.1) is 5.92 Å². The molecule has 0 saturated heterocycles. The Kier molecular flexibility index (Phi) is 3.90. The van der Waals surface area contributed by atoms with Gasteiger partial charge < -0.3 is 4.90 Å². The summed E-state index contributed by atoms with van der Waals surface area (Å²) in [6.07, 6.45) is -4.53. The number of carbonyl (C=O) groups is 2. The van der Waals surface area contributed by atoms with Gasteiger partial charge in [-0.1, -0.05) is 22.9 Å². The molecule has 0 saturated carbocycles. The van der Waals surface area contributed by atoms with Crippen LogP contribution in [0.2, 0.25) is 0 Å². The molecule has 2 rings (SSSR count). The Morgan fingerprint density at radius 2 is 1.95 bits per heavy atom. The van der Waals surface area contributed by atoms with Crippen LogP contribution < -0.4 is 4.90 Å². The van der Waals surface area contributed by atoms with E-state index in [1.54, 1.807) is 0 Å². The fourth-order valence-electron chi connectivity index (χ4n) is 2.02. The number of nitrogens with zero attached hydrogens (tertiary/aromatic N) is 1. The first kappa shape index (κ1) is 15.0. The molecule has 1 heterocycles. The number of Topliss-reactive ketones (excluding diaryl/α,β-unsaturated/α-hetero) is 1. The molecule has 0 radical (unpaired) electrons. The van der Waals surface area contributed by atoms with Crippen molar-refractivity contribution in [3.05, 3.63) is 29.3 Å². The van der Waals surface area contributed by atoms with E-state index in [0.717, 1.165) is 12.1 Å². The van der Waals surface area contributed by atoms with Crippen LogP contribution in [-0.2, 0) is 11.0 Å². The topological polar surface area (TPSA) is 37.4 Å². The molecule has 1 aromatic rings. The summed E-state index contributed by atoms with van der Waals surface area (Å²) < 4.78 is 37.9. The van der Waals surface area contributed by atoms with Gasteiger partial charge in [0.05, 0.1) is 16.8 Å². The molecular formula is C13H11BrF3NO2. The molecule has 0 bridgehead atoms. The Balaban J connectivity index is 2.42. The molecule has 20 heavy (non-hydrogen) atoms. The van der Waals surface area contributed by atoms with Crippen LogP contribution in [0.3, 0.4) is 0 Å². The predicted molar refractivity (Wildman–Crippen MR) is 71.1 cm³/mol. The number of hydrogen-bond acceptors (Lipinski definition) is 2. The molecule has 1 aliphatic rings. The second-order valence-corrected chi connectivity index (χ2v) is 5.38. The Bertz CT molecular complexity index is 571. The normalized spacial score (nSPS) is 16.6. The van der Waals surface area contributed by atoms with E-state index in [2.05, 4.69) is 15.9 Å². The van der Waals surface area contributed by atoms with Crippen molar-refractivity contribution in [3.8, 4) is 0 Å². The number of amides is 1. The summed E-state index contributed by atoms with van der Waals surface area (Å²) in [5.41, 5.74) is -0.847. The molecule has 1 unspecified atom stereocenters. The highest BCUT2D eigenvalue weighted by Gasteiger charge is 2.39. The van der Waals surface area contributed by atoms with Gasteiger partial charge in [0.15, 0.2) is 0 Å². The van der Waals surface area contributed by atoms with Crippen molar-refractivity contribution in [2.24, 2.45) is 5.92 Å². The number of anilines is 1. The third-order valence-corrected chi connectivity index (χ3v) is 4.16. The summed E-state index contributed by atoms with van der Waals surface area (Å²) in [5, 5.41) is 0.626. The van der Waals surface area contributed by atoms with E-state index in [1.165, 1.54) is 11.0 Å². The summed E-state index contributed by atoms with van der Waals surface area (Å²) in [5.74, 6) is -1.57. The van der Waals surface area contributed by atoms with Gasteiger partial charge in [-0.05, 0) is 24.1 Å². The smallest absolute Gasteiger partial charge is 0.304 e. The van der Waals surface area contributed by atoms with E-state index in [1.807, 2.05) is 6.92 Å². The fourth-order valence-corrected chi connectivity index (χ4v) is 2.22. The number of halogens is 4. The number of rotatable bonds is 3. The molecule has 0 aliphatic carbocycles. The Morgan fingerprint density at radius 1 is 1.30 bits per heavy atom. The van der Waals surface area contributed by atoms with Crippen LogP contribution in [-0.4, -0.2) is 23.6 Å². The minimum atomic E-state index is -4.53. The van der Waals surface area contributed by atoms with Crippen LogP contribution in [0.5, 0.6) is 0 Å². The van der Waals surface area contributed by atoms with Gasteiger partial charge in [0.2, 0.25) is 0 Å². The van der Waals surface area contributed by atoms with Crippen LogP contribution >= 0.6 is 15.9 Å². The minimum absolute atomic E-state index is 0.0833. The molecule has 0 aromatic heterocycles. The molecule has 0 N–H and O–H groups in total. The van der Waals surface area contributed by atoms with Crippen LogP contribution in [0.15, 0.2) is 18.2 Å². The first-order valence-corrected chi connectivity index (χ1v) is 7.01. The standard InChI is InChI=1S/C13H11BrF3NO2/c1-7(5-14)6-18-10-3-2-8(13(15,16)17)4-9(10)11(19)12(18)20/h2-4,7H,5-6H2,1H3. The molecule has 1 amide bonds. The second-order valence-electron chi connectivity index (χ2n) is 4.73. The largest absolute Gasteiger partial charge is 0.416 e. The van der Waals surface area contributed by atoms with Crippen molar-refractivity contribution in [2.45, 2.75) is 13.1 Å². The molecule has 0 spiro atoms. The minimum Gasteiger partial charge on any atom is -0.304 e. The van der Waals surface area contributed by atoms with E-state index in [4.69, 9.17) is 0 Å². The SMILES string of the molecule is CC(CBr)CN1C(=O)C(=O)c2cc(C(F)(F)F)ccc21. The molecule has 108 valence electrons. The van der Waals surface area contributed by atoms with Gasteiger partial charge in [-0.15, -0.1) is 0 Å². The maximum atomic E-state index is 12.6. The number of benzene rings is 1.